The highest BCUT2D eigenvalue weighted by Crippen LogP contribution is 2.38. The second-order valence-corrected chi connectivity index (χ2v) is 4.94. The van der Waals surface area contributed by atoms with Crippen LogP contribution in [0.1, 0.15) is 37.3 Å². The van der Waals surface area contributed by atoms with E-state index in [1.807, 2.05) is 19.9 Å². The average Bonchev–Trinajstić information content (AvgIpc) is 2.25. The molecule has 2 rings (SSSR count). The van der Waals surface area contributed by atoms with Gasteiger partial charge in [-0.15, -0.1) is 0 Å². The molecule has 0 fully saturated rings. The molecule has 86 valence electrons. The maximum absolute atomic E-state index is 12.0. The van der Waals surface area contributed by atoms with E-state index in [4.69, 9.17) is 4.74 Å². The van der Waals surface area contributed by atoms with Crippen LogP contribution in [-0.4, -0.2) is 18.5 Å². The highest BCUT2D eigenvalue weighted by molar-refractivity contribution is 5.87. The van der Waals surface area contributed by atoms with Crippen molar-refractivity contribution < 1.29 is 9.53 Å². The summed E-state index contributed by atoms with van der Waals surface area (Å²) in [4.78, 5) is 12.0. The Morgan fingerprint density at radius 1 is 1.44 bits per heavy atom. The number of Topliss-reactive ketones (excluding diaryl/α,β-unsaturated/α-hetero) is 1. The third-order valence-electron chi connectivity index (χ3n) is 3.57. The molecule has 1 unspecified atom stereocenters. The number of fused-ring (bicyclic) bond motifs is 1. The molecule has 1 atom stereocenters. The predicted molar refractivity (Wildman–Crippen MR) is 63.6 cm³/mol. The van der Waals surface area contributed by atoms with Crippen LogP contribution in [0.3, 0.4) is 0 Å². The molecule has 2 nitrogen and oxygen atoms in total. The van der Waals surface area contributed by atoms with E-state index in [9.17, 15) is 4.79 Å². The first-order chi connectivity index (χ1) is 7.54. The number of carbonyl (C=O) groups is 1. The van der Waals surface area contributed by atoms with Crippen LogP contribution < -0.4 is 0 Å². The van der Waals surface area contributed by atoms with Crippen molar-refractivity contribution in [2.24, 2.45) is 0 Å². The number of hydrogen-bond donors (Lipinski definition) is 0. The summed E-state index contributed by atoms with van der Waals surface area (Å²) < 4.78 is 5.21. The molecule has 0 bridgehead atoms. The lowest BCUT2D eigenvalue weighted by molar-refractivity contribution is -0.137. The SMILES string of the molecule is COC(C)(C)C(=O)CC1Cc2ccccc21. The molecule has 0 N–H and O–H groups in total. The molecular weight excluding hydrogens is 200 g/mol. The molecule has 16 heavy (non-hydrogen) atoms. The lowest BCUT2D eigenvalue weighted by atomic mass is 9.74. The molecule has 1 aliphatic rings. The summed E-state index contributed by atoms with van der Waals surface area (Å²) in [6.07, 6.45) is 1.62. The van der Waals surface area contributed by atoms with Crippen molar-refractivity contribution in [1.82, 2.24) is 0 Å². The molecule has 0 heterocycles. The van der Waals surface area contributed by atoms with Gasteiger partial charge in [-0.25, -0.2) is 0 Å². The molecule has 0 saturated carbocycles. The van der Waals surface area contributed by atoms with Gasteiger partial charge in [0.2, 0.25) is 0 Å². The van der Waals surface area contributed by atoms with E-state index in [0.717, 1.165) is 6.42 Å². The zero-order chi connectivity index (χ0) is 11.8. The van der Waals surface area contributed by atoms with Gasteiger partial charge in [-0.05, 0) is 37.3 Å². The Kier molecular flexibility index (Phi) is 2.85. The molecule has 0 radical (unpaired) electrons. The summed E-state index contributed by atoms with van der Waals surface area (Å²) in [5, 5.41) is 0. The van der Waals surface area contributed by atoms with Gasteiger partial charge in [0.15, 0.2) is 5.78 Å². The lowest BCUT2D eigenvalue weighted by Gasteiger charge is -2.32. The molecule has 1 aromatic carbocycles. The minimum atomic E-state index is -0.648. The van der Waals surface area contributed by atoms with Crippen molar-refractivity contribution in [3.05, 3.63) is 35.4 Å². The summed E-state index contributed by atoms with van der Waals surface area (Å²) in [5.74, 6) is 0.590. The maximum Gasteiger partial charge on any atom is 0.164 e. The van der Waals surface area contributed by atoms with Crippen LogP contribution in [0.25, 0.3) is 0 Å². The van der Waals surface area contributed by atoms with Crippen LogP contribution in [0.15, 0.2) is 24.3 Å². The maximum atomic E-state index is 12.0. The van der Waals surface area contributed by atoms with Crippen LogP contribution in [0.5, 0.6) is 0 Å². The Hall–Kier alpha value is -1.15. The Labute approximate surface area is 96.6 Å². The van der Waals surface area contributed by atoms with Crippen LogP contribution in [0, 0.1) is 0 Å². The average molecular weight is 218 g/mol. The monoisotopic (exact) mass is 218 g/mol. The number of ether oxygens (including phenoxy) is 1. The molecule has 0 saturated heterocycles. The zero-order valence-corrected chi connectivity index (χ0v) is 10.1. The standard InChI is InChI=1S/C14H18O2/c1-14(2,16-3)13(15)9-11-8-10-6-4-5-7-12(10)11/h4-7,11H,8-9H2,1-3H3. The summed E-state index contributed by atoms with van der Waals surface area (Å²) >= 11 is 0. The molecule has 2 heteroatoms. The Morgan fingerprint density at radius 2 is 2.12 bits per heavy atom. The van der Waals surface area contributed by atoms with E-state index in [1.165, 1.54) is 11.1 Å². The van der Waals surface area contributed by atoms with Gasteiger partial charge in [0.1, 0.15) is 5.60 Å². The second-order valence-electron chi connectivity index (χ2n) is 4.94. The van der Waals surface area contributed by atoms with Crippen molar-refractivity contribution in [3.8, 4) is 0 Å². The zero-order valence-electron chi connectivity index (χ0n) is 10.1. The third kappa shape index (κ3) is 1.90. The summed E-state index contributed by atoms with van der Waals surface area (Å²) in [6.45, 7) is 3.67. The Morgan fingerprint density at radius 3 is 2.75 bits per heavy atom. The predicted octanol–water partition coefficient (Wildman–Crippen LogP) is 2.71. The molecule has 0 aliphatic heterocycles. The van der Waals surface area contributed by atoms with Gasteiger partial charge in [0.05, 0.1) is 0 Å². The van der Waals surface area contributed by atoms with E-state index in [0.29, 0.717) is 12.3 Å². The number of methoxy groups -OCH3 is 1. The first-order valence-corrected chi connectivity index (χ1v) is 5.71. The van der Waals surface area contributed by atoms with Gasteiger partial charge in [-0.3, -0.25) is 4.79 Å². The van der Waals surface area contributed by atoms with Crippen molar-refractivity contribution >= 4 is 5.78 Å². The summed E-state index contributed by atoms with van der Waals surface area (Å²) in [5.41, 5.74) is 2.07. The summed E-state index contributed by atoms with van der Waals surface area (Å²) in [6, 6.07) is 8.35. The van der Waals surface area contributed by atoms with E-state index in [1.54, 1.807) is 7.11 Å². The van der Waals surface area contributed by atoms with Crippen LogP contribution in [0.2, 0.25) is 0 Å². The van der Waals surface area contributed by atoms with Crippen molar-refractivity contribution in [2.75, 3.05) is 7.11 Å². The van der Waals surface area contributed by atoms with Crippen molar-refractivity contribution in [3.63, 3.8) is 0 Å². The smallest absolute Gasteiger partial charge is 0.164 e. The Balaban J connectivity index is 2.02. The van der Waals surface area contributed by atoms with E-state index in [2.05, 4.69) is 18.2 Å². The van der Waals surface area contributed by atoms with Crippen molar-refractivity contribution in [2.45, 2.75) is 38.2 Å². The molecular formula is C14H18O2. The third-order valence-corrected chi connectivity index (χ3v) is 3.57. The normalized spacial score (nSPS) is 18.8. The fourth-order valence-corrected chi connectivity index (χ4v) is 2.13. The Bertz CT molecular complexity index is 407. The van der Waals surface area contributed by atoms with Gasteiger partial charge in [0, 0.05) is 13.5 Å². The number of ketones is 1. The minimum Gasteiger partial charge on any atom is -0.371 e. The first-order valence-electron chi connectivity index (χ1n) is 5.71. The number of hydrogen-bond acceptors (Lipinski definition) is 2. The highest BCUT2D eigenvalue weighted by atomic mass is 16.5. The fraction of sp³-hybridized carbons (Fsp3) is 0.500. The van der Waals surface area contributed by atoms with Gasteiger partial charge >= 0.3 is 0 Å². The van der Waals surface area contributed by atoms with Crippen LogP contribution in [0.4, 0.5) is 0 Å². The first kappa shape index (κ1) is 11.3. The van der Waals surface area contributed by atoms with Gasteiger partial charge in [0.25, 0.3) is 0 Å². The van der Waals surface area contributed by atoms with Gasteiger partial charge < -0.3 is 4.74 Å². The molecule has 1 aromatic rings. The number of carbonyl (C=O) groups excluding carboxylic acids is 1. The van der Waals surface area contributed by atoms with E-state index in [-0.39, 0.29) is 5.78 Å². The van der Waals surface area contributed by atoms with E-state index >= 15 is 0 Å². The quantitative estimate of drug-likeness (QED) is 0.776. The topological polar surface area (TPSA) is 26.3 Å². The largest absolute Gasteiger partial charge is 0.371 e. The molecule has 0 amide bonds. The van der Waals surface area contributed by atoms with E-state index < -0.39 is 5.60 Å². The number of benzene rings is 1. The lowest BCUT2D eigenvalue weighted by Crippen LogP contribution is -2.36. The fourth-order valence-electron chi connectivity index (χ4n) is 2.13. The molecule has 1 aliphatic carbocycles. The minimum absolute atomic E-state index is 0.189. The number of rotatable bonds is 4. The van der Waals surface area contributed by atoms with Crippen LogP contribution in [-0.2, 0) is 16.0 Å². The van der Waals surface area contributed by atoms with Gasteiger partial charge in [-0.1, -0.05) is 24.3 Å². The van der Waals surface area contributed by atoms with Crippen LogP contribution >= 0.6 is 0 Å². The summed E-state index contributed by atoms with van der Waals surface area (Å²) in [7, 11) is 1.59. The van der Waals surface area contributed by atoms with Gasteiger partial charge in [-0.2, -0.15) is 0 Å². The molecule has 0 aromatic heterocycles. The molecule has 0 spiro atoms. The second kappa shape index (κ2) is 4.02. The highest BCUT2D eigenvalue weighted by Gasteiger charge is 2.33. The van der Waals surface area contributed by atoms with Crippen molar-refractivity contribution in [1.29, 1.82) is 0 Å².